The number of β-amino-alcohol motifs (C(OH)–C–C–N with tert-alkyl or cyclic N) is 1. The van der Waals surface area contributed by atoms with Crippen molar-refractivity contribution in [2.45, 2.75) is 25.9 Å². The summed E-state index contributed by atoms with van der Waals surface area (Å²) in [6.45, 7) is 6.05. The van der Waals surface area contributed by atoms with Crippen molar-refractivity contribution in [1.29, 1.82) is 0 Å². The minimum absolute atomic E-state index is 0. The molecule has 1 heterocycles. The van der Waals surface area contributed by atoms with Crippen LogP contribution in [0.5, 0.6) is 0 Å². The highest BCUT2D eigenvalue weighted by Gasteiger charge is 2.18. The van der Waals surface area contributed by atoms with Crippen LogP contribution in [-0.4, -0.2) is 42.4 Å². The van der Waals surface area contributed by atoms with Crippen LogP contribution in [0, 0.1) is 0 Å². The van der Waals surface area contributed by atoms with Gasteiger partial charge in [0.2, 0.25) is 0 Å². The van der Waals surface area contributed by atoms with Gasteiger partial charge in [0, 0.05) is 19.8 Å². The number of halogens is 2. The van der Waals surface area contributed by atoms with Gasteiger partial charge in [-0.05, 0) is 19.4 Å². The van der Waals surface area contributed by atoms with Gasteiger partial charge in [0.1, 0.15) is 0 Å². The van der Waals surface area contributed by atoms with E-state index in [2.05, 4.69) is 17.1 Å². The van der Waals surface area contributed by atoms with Crippen molar-refractivity contribution in [3.8, 4) is 0 Å². The second-order valence-electron chi connectivity index (χ2n) is 3.18. The molecule has 5 heteroatoms. The Hall–Kier alpha value is 0.460. The average Bonchev–Trinajstić information content (AvgIpc) is 2.37. The van der Waals surface area contributed by atoms with E-state index in [0.717, 1.165) is 32.7 Å². The maximum atomic E-state index is 9.19. The second-order valence-corrected chi connectivity index (χ2v) is 3.18. The summed E-state index contributed by atoms with van der Waals surface area (Å²) in [5.41, 5.74) is 0. The number of aliphatic hydroxyl groups is 1. The van der Waals surface area contributed by atoms with Gasteiger partial charge in [-0.2, -0.15) is 0 Å². The van der Waals surface area contributed by atoms with Crippen molar-refractivity contribution in [3.63, 3.8) is 0 Å². The molecule has 0 spiro atoms. The standard InChI is InChI=1S/C8H18N2O.2ClH/c1-2-4-9-7-10-5-3-8(11)6-10;;/h8-9,11H,2-7H2,1H3;2*1H. The zero-order valence-corrected chi connectivity index (χ0v) is 9.66. The molecule has 1 aliphatic heterocycles. The van der Waals surface area contributed by atoms with E-state index in [-0.39, 0.29) is 30.9 Å². The fraction of sp³-hybridized carbons (Fsp3) is 1.00. The topological polar surface area (TPSA) is 35.5 Å². The number of rotatable bonds is 4. The monoisotopic (exact) mass is 230 g/mol. The number of nitrogens with one attached hydrogen (secondary N) is 1. The smallest absolute Gasteiger partial charge is 0.0679 e. The Morgan fingerprint density at radius 2 is 2.15 bits per heavy atom. The largest absolute Gasteiger partial charge is 0.392 e. The molecular weight excluding hydrogens is 211 g/mol. The number of aliphatic hydroxyl groups excluding tert-OH is 1. The quantitative estimate of drug-likeness (QED) is 0.704. The molecule has 1 rings (SSSR count). The van der Waals surface area contributed by atoms with Crippen molar-refractivity contribution in [3.05, 3.63) is 0 Å². The van der Waals surface area contributed by atoms with Crippen LogP contribution in [0.25, 0.3) is 0 Å². The highest BCUT2D eigenvalue weighted by molar-refractivity contribution is 5.85. The molecule has 1 aliphatic rings. The first-order chi connectivity index (χ1) is 5.33. The number of hydrogen-bond donors (Lipinski definition) is 2. The molecule has 1 unspecified atom stereocenters. The van der Waals surface area contributed by atoms with Crippen LogP contribution in [0.15, 0.2) is 0 Å². The van der Waals surface area contributed by atoms with Gasteiger partial charge in [-0.3, -0.25) is 4.90 Å². The molecule has 0 amide bonds. The van der Waals surface area contributed by atoms with Gasteiger partial charge in [-0.25, -0.2) is 0 Å². The van der Waals surface area contributed by atoms with Gasteiger partial charge in [0.15, 0.2) is 0 Å². The van der Waals surface area contributed by atoms with E-state index in [1.165, 1.54) is 6.42 Å². The predicted octanol–water partition coefficient (Wildman–Crippen LogP) is 0.854. The lowest BCUT2D eigenvalue weighted by molar-refractivity contribution is 0.173. The third-order valence-electron chi connectivity index (χ3n) is 2.01. The van der Waals surface area contributed by atoms with Crippen LogP contribution in [0.1, 0.15) is 19.8 Å². The number of hydrogen-bond acceptors (Lipinski definition) is 3. The molecule has 0 radical (unpaired) electrons. The molecule has 0 aliphatic carbocycles. The van der Waals surface area contributed by atoms with Crippen LogP contribution in [0.3, 0.4) is 0 Å². The first-order valence-corrected chi connectivity index (χ1v) is 4.44. The lowest BCUT2D eigenvalue weighted by Crippen LogP contribution is -2.33. The molecule has 1 saturated heterocycles. The van der Waals surface area contributed by atoms with Gasteiger partial charge in [-0.1, -0.05) is 6.92 Å². The van der Waals surface area contributed by atoms with Gasteiger partial charge in [0.25, 0.3) is 0 Å². The van der Waals surface area contributed by atoms with E-state index >= 15 is 0 Å². The zero-order valence-electron chi connectivity index (χ0n) is 8.03. The first-order valence-electron chi connectivity index (χ1n) is 4.44. The summed E-state index contributed by atoms with van der Waals surface area (Å²) in [6, 6.07) is 0. The lowest BCUT2D eigenvalue weighted by Gasteiger charge is -2.14. The highest BCUT2D eigenvalue weighted by Crippen LogP contribution is 2.06. The van der Waals surface area contributed by atoms with Crippen LogP contribution < -0.4 is 5.32 Å². The normalized spacial score (nSPS) is 22.2. The molecule has 82 valence electrons. The van der Waals surface area contributed by atoms with Gasteiger partial charge in [0.05, 0.1) is 6.10 Å². The van der Waals surface area contributed by atoms with Crippen LogP contribution >= 0.6 is 24.8 Å². The molecule has 0 aromatic carbocycles. The molecular formula is C8H20Cl2N2O. The number of nitrogens with zero attached hydrogens (tertiary/aromatic N) is 1. The SMILES string of the molecule is CCCNCN1CCC(O)C1.Cl.Cl. The van der Waals surface area contributed by atoms with Gasteiger partial charge < -0.3 is 10.4 Å². The molecule has 1 fully saturated rings. The van der Waals surface area contributed by atoms with Gasteiger partial charge >= 0.3 is 0 Å². The van der Waals surface area contributed by atoms with E-state index in [4.69, 9.17) is 0 Å². The van der Waals surface area contributed by atoms with E-state index in [0.29, 0.717) is 0 Å². The van der Waals surface area contributed by atoms with Crippen molar-refractivity contribution in [1.82, 2.24) is 10.2 Å². The van der Waals surface area contributed by atoms with E-state index in [1.54, 1.807) is 0 Å². The maximum Gasteiger partial charge on any atom is 0.0679 e. The predicted molar refractivity (Wildman–Crippen MR) is 59.9 cm³/mol. The Labute approximate surface area is 92.7 Å². The molecule has 0 aromatic heterocycles. The summed E-state index contributed by atoms with van der Waals surface area (Å²) in [5, 5.41) is 12.5. The van der Waals surface area contributed by atoms with Crippen molar-refractivity contribution in [2.75, 3.05) is 26.3 Å². The minimum atomic E-state index is -0.0848. The Morgan fingerprint density at radius 1 is 1.46 bits per heavy atom. The van der Waals surface area contributed by atoms with Crippen LogP contribution in [0.4, 0.5) is 0 Å². The number of likely N-dealkylation sites (tertiary alicyclic amines) is 1. The molecule has 13 heavy (non-hydrogen) atoms. The summed E-state index contributed by atoms with van der Waals surface area (Å²) in [6.07, 6.45) is 2.03. The van der Waals surface area contributed by atoms with Crippen molar-refractivity contribution >= 4 is 24.8 Å². The summed E-state index contributed by atoms with van der Waals surface area (Å²) >= 11 is 0. The summed E-state index contributed by atoms with van der Waals surface area (Å²) in [7, 11) is 0. The third kappa shape index (κ3) is 6.52. The third-order valence-corrected chi connectivity index (χ3v) is 2.01. The fourth-order valence-corrected chi connectivity index (χ4v) is 1.37. The molecule has 1 atom stereocenters. The highest BCUT2D eigenvalue weighted by atomic mass is 35.5. The molecule has 2 N–H and O–H groups in total. The molecule has 0 bridgehead atoms. The van der Waals surface area contributed by atoms with E-state index in [1.807, 2.05) is 0 Å². The van der Waals surface area contributed by atoms with E-state index < -0.39 is 0 Å². The van der Waals surface area contributed by atoms with Crippen molar-refractivity contribution < 1.29 is 5.11 Å². The Kier molecular flexibility index (Phi) is 11.1. The molecule has 0 saturated carbocycles. The average molecular weight is 231 g/mol. The minimum Gasteiger partial charge on any atom is -0.392 e. The molecule has 3 nitrogen and oxygen atoms in total. The molecule has 0 aromatic rings. The summed E-state index contributed by atoms with van der Waals surface area (Å²) in [5.74, 6) is 0. The van der Waals surface area contributed by atoms with E-state index in [9.17, 15) is 5.11 Å². The summed E-state index contributed by atoms with van der Waals surface area (Å²) in [4.78, 5) is 2.25. The Balaban J connectivity index is 0. The zero-order chi connectivity index (χ0) is 8.10. The summed E-state index contributed by atoms with van der Waals surface area (Å²) < 4.78 is 0. The second kappa shape index (κ2) is 9.03. The van der Waals surface area contributed by atoms with Gasteiger partial charge in [-0.15, -0.1) is 24.8 Å². The first kappa shape index (κ1) is 15.9. The maximum absolute atomic E-state index is 9.19. The fourth-order valence-electron chi connectivity index (χ4n) is 1.37. The lowest BCUT2D eigenvalue weighted by atomic mass is 10.3. The van der Waals surface area contributed by atoms with Crippen LogP contribution in [-0.2, 0) is 0 Å². The van der Waals surface area contributed by atoms with Crippen molar-refractivity contribution in [2.24, 2.45) is 0 Å². The Morgan fingerprint density at radius 3 is 2.62 bits per heavy atom. The van der Waals surface area contributed by atoms with Crippen LogP contribution in [0.2, 0.25) is 0 Å². The Bertz CT molecular complexity index is 116.